The highest BCUT2D eigenvalue weighted by Gasteiger charge is 2.19. The standard InChI is InChI=1S/C57H100O6/c1-4-7-10-13-16-19-22-24-26-28-30-31-33-35-38-41-44-47-50-56(59)62-53-54(52-61-55(58)49-46-43-40-37-21-18-15-12-9-6-3)63-57(60)51-48-45-42-39-36-34-32-29-27-25-23-20-17-14-11-8-5-2/h15,18,22,24-28,30-31,54H,4-14,16-17,19-21,23,29,32-53H2,1-3H3/b18-15-,24-22-,27-25-,28-26-,31-30-. The third-order valence-electron chi connectivity index (χ3n) is 11.5. The average Bonchev–Trinajstić information content (AvgIpc) is 3.28. The summed E-state index contributed by atoms with van der Waals surface area (Å²) in [7, 11) is 0. The van der Waals surface area contributed by atoms with E-state index in [-0.39, 0.29) is 31.1 Å². The molecule has 0 aliphatic carbocycles. The second kappa shape index (κ2) is 51.7. The van der Waals surface area contributed by atoms with Crippen LogP contribution in [-0.2, 0) is 28.6 Å². The van der Waals surface area contributed by atoms with Crippen LogP contribution in [0.5, 0.6) is 0 Å². The van der Waals surface area contributed by atoms with Crippen LogP contribution in [-0.4, -0.2) is 37.2 Å². The molecule has 0 aliphatic rings. The fourth-order valence-corrected chi connectivity index (χ4v) is 7.42. The van der Waals surface area contributed by atoms with Crippen LogP contribution in [0.15, 0.2) is 60.8 Å². The lowest BCUT2D eigenvalue weighted by Crippen LogP contribution is -2.30. The molecule has 0 saturated heterocycles. The lowest BCUT2D eigenvalue weighted by Gasteiger charge is -2.18. The van der Waals surface area contributed by atoms with Crippen molar-refractivity contribution >= 4 is 17.9 Å². The summed E-state index contributed by atoms with van der Waals surface area (Å²) in [6.07, 6.45) is 63.5. The lowest BCUT2D eigenvalue weighted by atomic mass is 10.1. The van der Waals surface area contributed by atoms with Crippen molar-refractivity contribution < 1.29 is 28.6 Å². The Hall–Kier alpha value is -2.89. The molecule has 0 saturated carbocycles. The third kappa shape index (κ3) is 50.0. The summed E-state index contributed by atoms with van der Waals surface area (Å²) in [5.74, 6) is -0.921. The molecule has 1 atom stereocenters. The Morgan fingerprint density at radius 3 is 0.968 bits per heavy atom. The normalized spacial score (nSPS) is 12.5. The average molecular weight is 881 g/mol. The number of hydrogen-bond donors (Lipinski definition) is 0. The SMILES string of the molecule is CCCC/C=C\CCCCCCC(=O)OCC(COC(=O)CCCCCCC\C=C/C=C\C=C/CCCCCCC)OC(=O)CCCCCCCCC/C=C\CCCCCCCC. The van der Waals surface area contributed by atoms with Crippen molar-refractivity contribution in [3.8, 4) is 0 Å². The maximum Gasteiger partial charge on any atom is 0.306 e. The molecule has 0 aromatic rings. The Labute approximate surface area is 390 Å². The summed E-state index contributed by atoms with van der Waals surface area (Å²) in [6.45, 7) is 6.55. The Morgan fingerprint density at radius 1 is 0.317 bits per heavy atom. The van der Waals surface area contributed by atoms with E-state index in [0.717, 1.165) is 96.3 Å². The molecule has 0 radical (unpaired) electrons. The van der Waals surface area contributed by atoms with Crippen LogP contribution in [0, 0.1) is 0 Å². The molecule has 1 unspecified atom stereocenters. The minimum Gasteiger partial charge on any atom is -0.462 e. The molecule has 0 spiro atoms. The van der Waals surface area contributed by atoms with Crippen molar-refractivity contribution in [3.05, 3.63) is 60.8 Å². The third-order valence-corrected chi connectivity index (χ3v) is 11.5. The van der Waals surface area contributed by atoms with Crippen molar-refractivity contribution in [2.75, 3.05) is 13.2 Å². The molecule has 0 rings (SSSR count). The molecule has 0 aliphatic heterocycles. The van der Waals surface area contributed by atoms with Gasteiger partial charge in [-0.1, -0.05) is 216 Å². The monoisotopic (exact) mass is 881 g/mol. The molecule has 364 valence electrons. The number of carbonyl (C=O) groups is 3. The number of allylic oxidation sites excluding steroid dienone is 10. The number of unbranched alkanes of at least 4 members (excludes halogenated alkanes) is 29. The van der Waals surface area contributed by atoms with Crippen LogP contribution in [0.2, 0.25) is 0 Å². The van der Waals surface area contributed by atoms with Gasteiger partial charge >= 0.3 is 17.9 Å². The van der Waals surface area contributed by atoms with Crippen LogP contribution >= 0.6 is 0 Å². The van der Waals surface area contributed by atoms with Gasteiger partial charge in [0.1, 0.15) is 13.2 Å². The Kier molecular flexibility index (Phi) is 49.4. The van der Waals surface area contributed by atoms with Gasteiger partial charge in [0, 0.05) is 19.3 Å². The van der Waals surface area contributed by atoms with E-state index in [1.54, 1.807) is 0 Å². The number of hydrogen-bond acceptors (Lipinski definition) is 6. The second-order valence-electron chi connectivity index (χ2n) is 17.8. The van der Waals surface area contributed by atoms with Gasteiger partial charge in [-0.05, 0) is 89.9 Å². The lowest BCUT2D eigenvalue weighted by molar-refractivity contribution is -0.167. The number of carbonyl (C=O) groups excluding carboxylic acids is 3. The van der Waals surface area contributed by atoms with E-state index in [1.165, 1.54) is 128 Å². The molecule has 63 heavy (non-hydrogen) atoms. The summed E-state index contributed by atoms with van der Waals surface area (Å²) >= 11 is 0. The molecule has 0 heterocycles. The van der Waals surface area contributed by atoms with E-state index >= 15 is 0 Å². The van der Waals surface area contributed by atoms with Crippen LogP contribution in [0.3, 0.4) is 0 Å². The zero-order chi connectivity index (χ0) is 45.8. The highest BCUT2D eigenvalue weighted by atomic mass is 16.6. The molecule has 0 N–H and O–H groups in total. The van der Waals surface area contributed by atoms with E-state index in [4.69, 9.17) is 14.2 Å². The summed E-state index contributed by atoms with van der Waals surface area (Å²) in [5, 5.41) is 0. The van der Waals surface area contributed by atoms with E-state index in [0.29, 0.717) is 19.3 Å². The molecule has 0 fully saturated rings. The van der Waals surface area contributed by atoms with Gasteiger partial charge in [0.2, 0.25) is 0 Å². The molecule has 6 heteroatoms. The van der Waals surface area contributed by atoms with Crippen molar-refractivity contribution in [3.63, 3.8) is 0 Å². The van der Waals surface area contributed by atoms with Crippen molar-refractivity contribution in [2.45, 2.75) is 271 Å². The number of ether oxygens (including phenoxy) is 3. The van der Waals surface area contributed by atoms with E-state index in [1.807, 2.05) is 0 Å². The maximum absolute atomic E-state index is 12.8. The van der Waals surface area contributed by atoms with E-state index < -0.39 is 6.10 Å². The zero-order valence-electron chi connectivity index (χ0n) is 41.6. The van der Waals surface area contributed by atoms with Gasteiger partial charge in [-0.2, -0.15) is 0 Å². The Balaban J connectivity index is 4.38. The molecule has 0 aromatic heterocycles. The molecule has 0 amide bonds. The van der Waals surface area contributed by atoms with Gasteiger partial charge in [-0.3, -0.25) is 14.4 Å². The van der Waals surface area contributed by atoms with Gasteiger partial charge in [0.15, 0.2) is 6.10 Å². The fourth-order valence-electron chi connectivity index (χ4n) is 7.42. The highest BCUT2D eigenvalue weighted by Crippen LogP contribution is 2.14. The second-order valence-corrected chi connectivity index (χ2v) is 17.8. The number of rotatable bonds is 48. The minimum atomic E-state index is -0.788. The molecular weight excluding hydrogens is 781 g/mol. The largest absolute Gasteiger partial charge is 0.462 e. The Morgan fingerprint density at radius 2 is 0.603 bits per heavy atom. The topological polar surface area (TPSA) is 78.9 Å². The summed E-state index contributed by atoms with van der Waals surface area (Å²) in [4.78, 5) is 38.0. The first-order valence-electron chi connectivity index (χ1n) is 26.8. The number of esters is 3. The zero-order valence-corrected chi connectivity index (χ0v) is 41.6. The predicted octanol–water partition coefficient (Wildman–Crippen LogP) is 17.6. The highest BCUT2D eigenvalue weighted by molar-refractivity contribution is 5.71. The first kappa shape index (κ1) is 60.1. The van der Waals surface area contributed by atoms with E-state index in [9.17, 15) is 14.4 Å². The maximum atomic E-state index is 12.8. The van der Waals surface area contributed by atoms with Gasteiger partial charge < -0.3 is 14.2 Å². The van der Waals surface area contributed by atoms with E-state index in [2.05, 4.69) is 81.5 Å². The molecular formula is C57H100O6. The van der Waals surface area contributed by atoms with Gasteiger partial charge in [0.05, 0.1) is 0 Å². The molecule has 0 aromatic carbocycles. The van der Waals surface area contributed by atoms with Crippen LogP contribution in [0.25, 0.3) is 0 Å². The van der Waals surface area contributed by atoms with Gasteiger partial charge in [0.25, 0.3) is 0 Å². The van der Waals surface area contributed by atoms with Crippen molar-refractivity contribution in [1.29, 1.82) is 0 Å². The van der Waals surface area contributed by atoms with Crippen LogP contribution in [0.1, 0.15) is 265 Å². The quantitative estimate of drug-likeness (QED) is 0.0199. The van der Waals surface area contributed by atoms with Gasteiger partial charge in [-0.15, -0.1) is 0 Å². The fraction of sp³-hybridized carbons (Fsp3) is 0.772. The first-order chi connectivity index (χ1) is 31.0. The molecule has 6 nitrogen and oxygen atoms in total. The first-order valence-corrected chi connectivity index (χ1v) is 26.8. The van der Waals surface area contributed by atoms with Gasteiger partial charge in [-0.25, -0.2) is 0 Å². The van der Waals surface area contributed by atoms with Crippen molar-refractivity contribution in [1.82, 2.24) is 0 Å². The Bertz CT molecular complexity index is 1150. The van der Waals surface area contributed by atoms with Crippen LogP contribution < -0.4 is 0 Å². The smallest absolute Gasteiger partial charge is 0.306 e. The van der Waals surface area contributed by atoms with Crippen molar-refractivity contribution in [2.24, 2.45) is 0 Å². The summed E-state index contributed by atoms with van der Waals surface area (Å²) in [5.41, 5.74) is 0. The minimum absolute atomic E-state index is 0.0885. The predicted molar refractivity (Wildman–Crippen MR) is 270 cm³/mol. The molecule has 0 bridgehead atoms. The summed E-state index contributed by atoms with van der Waals surface area (Å²) in [6, 6.07) is 0. The summed E-state index contributed by atoms with van der Waals surface area (Å²) < 4.78 is 16.8. The van der Waals surface area contributed by atoms with Crippen LogP contribution in [0.4, 0.5) is 0 Å².